The van der Waals surface area contributed by atoms with Crippen molar-refractivity contribution in [1.82, 2.24) is 10.2 Å². The molecule has 1 aliphatic heterocycles. The van der Waals surface area contributed by atoms with Crippen LogP contribution >= 0.6 is 0 Å². The molecule has 2 rings (SSSR count). The summed E-state index contributed by atoms with van der Waals surface area (Å²) in [7, 11) is 0. The summed E-state index contributed by atoms with van der Waals surface area (Å²) in [5.41, 5.74) is -0.504. The van der Waals surface area contributed by atoms with Crippen LogP contribution in [0, 0.1) is 0 Å². The molecule has 2 N–H and O–H groups in total. The molecule has 17 heavy (non-hydrogen) atoms. The first-order chi connectivity index (χ1) is 8.08. The van der Waals surface area contributed by atoms with E-state index in [1.807, 2.05) is 0 Å². The Hall–Kier alpha value is -0.120. The molecule has 0 spiro atoms. The molecule has 2 fully saturated rings. The lowest BCUT2D eigenvalue weighted by Crippen LogP contribution is -2.44. The van der Waals surface area contributed by atoms with Crippen LogP contribution in [0.5, 0.6) is 0 Å². The molecule has 2 aliphatic rings. The van der Waals surface area contributed by atoms with Crippen molar-refractivity contribution < 1.29 is 5.11 Å². The van der Waals surface area contributed by atoms with E-state index in [0.717, 1.165) is 31.5 Å². The maximum absolute atomic E-state index is 10.3. The standard InChI is InChI=1S/C14H28N2O/c1-4-14(17,5-2)10-15-12-8-11(3)16(9-12)13-6-7-13/h11-13,15,17H,4-10H2,1-3H3. The van der Waals surface area contributed by atoms with Gasteiger partial charge in [-0.2, -0.15) is 0 Å². The highest BCUT2D eigenvalue weighted by Gasteiger charge is 2.39. The highest BCUT2D eigenvalue weighted by Crippen LogP contribution is 2.33. The van der Waals surface area contributed by atoms with Gasteiger partial charge in [-0.15, -0.1) is 0 Å². The van der Waals surface area contributed by atoms with Crippen LogP contribution in [-0.4, -0.2) is 46.8 Å². The molecule has 100 valence electrons. The Bertz CT molecular complexity index is 249. The Balaban J connectivity index is 1.77. The first-order valence-corrected chi connectivity index (χ1v) is 7.29. The summed E-state index contributed by atoms with van der Waals surface area (Å²) in [6.07, 6.45) is 5.70. The highest BCUT2D eigenvalue weighted by atomic mass is 16.3. The lowest BCUT2D eigenvalue weighted by molar-refractivity contribution is 0.0301. The van der Waals surface area contributed by atoms with Crippen molar-refractivity contribution in [3.8, 4) is 0 Å². The second-order valence-electron chi connectivity index (χ2n) is 6.02. The van der Waals surface area contributed by atoms with Gasteiger partial charge in [-0.25, -0.2) is 0 Å². The van der Waals surface area contributed by atoms with Gasteiger partial charge in [-0.1, -0.05) is 13.8 Å². The molecular formula is C14H28N2O. The van der Waals surface area contributed by atoms with Gasteiger partial charge < -0.3 is 10.4 Å². The number of hydrogen-bond donors (Lipinski definition) is 2. The van der Waals surface area contributed by atoms with Crippen LogP contribution in [0.3, 0.4) is 0 Å². The van der Waals surface area contributed by atoms with Gasteiger partial charge in [0.2, 0.25) is 0 Å². The first-order valence-electron chi connectivity index (χ1n) is 7.29. The predicted molar refractivity (Wildman–Crippen MR) is 71.1 cm³/mol. The van der Waals surface area contributed by atoms with Crippen molar-refractivity contribution in [2.45, 2.75) is 76.6 Å². The van der Waals surface area contributed by atoms with E-state index >= 15 is 0 Å². The first kappa shape index (κ1) is 13.3. The summed E-state index contributed by atoms with van der Waals surface area (Å²) in [5.74, 6) is 0. The number of rotatable bonds is 6. The zero-order valence-corrected chi connectivity index (χ0v) is 11.6. The average Bonchev–Trinajstić information content (AvgIpc) is 3.11. The monoisotopic (exact) mass is 240 g/mol. The normalized spacial score (nSPS) is 31.1. The fraction of sp³-hybridized carbons (Fsp3) is 1.00. The fourth-order valence-corrected chi connectivity index (χ4v) is 2.95. The molecule has 1 saturated heterocycles. The smallest absolute Gasteiger partial charge is 0.0766 e. The maximum atomic E-state index is 10.3. The minimum atomic E-state index is -0.504. The van der Waals surface area contributed by atoms with Gasteiger partial charge in [0.25, 0.3) is 0 Å². The van der Waals surface area contributed by atoms with Crippen LogP contribution < -0.4 is 5.32 Å². The minimum Gasteiger partial charge on any atom is -0.389 e. The molecule has 1 heterocycles. The number of hydrogen-bond acceptors (Lipinski definition) is 3. The quantitative estimate of drug-likeness (QED) is 0.742. The largest absolute Gasteiger partial charge is 0.389 e. The van der Waals surface area contributed by atoms with E-state index < -0.39 is 5.60 Å². The second kappa shape index (κ2) is 5.25. The lowest BCUT2D eigenvalue weighted by atomic mass is 9.97. The zero-order valence-electron chi connectivity index (χ0n) is 11.6. The van der Waals surface area contributed by atoms with Gasteiger partial charge in [0.1, 0.15) is 0 Å². The van der Waals surface area contributed by atoms with Gasteiger partial charge in [-0.05, 0) is 39.0 Å². The van der Waals surface area contributed by atoms with Crippen molar-refractivity contribution in [1.29, 1.82) is 0 Å². The van der Waals surface area contributed by atoms with Gasteiger partial charge >= 0.3 is 0 Å². The van der Waals surface area contributed by atoms with Crippen molar-refractivity contribution in [3.63, 3.8) is 0 Å². The third-order valence-electron chi connectivity index (χ3n) is 4.67. The summed E-state index contributed by atoms with van der Waals surface area (Å²) in [6, 6.07) is 2.17. The van der Waals surface area contributed by atoms with Crippen LogP contribution in [0.4, 0.5) is 0 Å². The molecule has 3 nitrogen and oxygen atoms in total. The number of nitrogens with zero attached hydrogens (tertiary/aromatic N) is 1. The van der Waals surface area contributed by atoms with Crippen LogP contribution in [0.2, 0.25) is 0 Å². The van der Waals surface area contributed by atoms with Crippen molar-refractivity contribution in [2.75, 3.05) is 13.1 Å². The van der Waals surface area contributed by atoms with Gasteiger partial charge in [-0.3, -0.25) is 4.90 Å². The van der Waals surface area contributed by atoms with Gasteiger partial charge in [0, 0.05) is 31.2 Å². The van der Waals surface area contributed by atoms with E-state index in [0.29, 0.717) is 6.04 Å². The summed E-state index contributed by atoms with van der Waals surface area (Å²) in [5, 5.41) is 13.8. The second-order valence-corrected chi connectivity index (χ2v) is 6.02. The molecule has 0 aromatic rings. The molecular weight excluding hydrogens is 212 g/mol. The Kier molecular flexibility index (Phi) is 4.11. The van der Waals surface area contributed by atoms with Crippen LogP contribution in [0.1, 0.15) is 52.9 Å². The number of nitrogens with one attached hydrogen (secondary N) is 1. The van der Waals surface area contributed by atoms with E-state index in [2.05, 4.69) is 31.0 Å². The Morgan fingerprint density at radius 2 is 1.94 bits per heavy atom. The average molecular weight is 240 g/mol. The van der Waals surface area contributed by atoms with Gasteiger partial charge in [0.15, 0.2) is 0 Å². The number of likely N-dealkylation sites (tertiary alicyclic amines) is 1. The Labute approximate surface area is 106 Å². The molecule has 2 unspecified atom stereocenters. The minimum absolute atomic E-state index is 0.504. The molecule has 2 atom stereocenters. The topological polar surface area (TPSA) is 35.5 Å². The molecule has 0 aromatic heterocycles. The molecule has 0 aromatic carbocycles. The Morgan fingerprint density at radius 3 is 2.47 bits per heavy atom. The van der Waals surface area contributed by atoms with Crippen LogP contribution in [0.15, 0.2) is 0 Å². The van der Waals surface area contributed by atoms with E-state index in [9.17, 15) is 5.11 Å². The molecule has 1 aliphatic carbocycles. The fourth-order valence-electron chi connectivity index (χ4n) is 2.95. The van der Waals surface area contributed by atoms with Crippen molar-refractivity contribution >= 4 is 0 Å². The van der Waals surface area contributed by atoms with Crippen LogP contribution in [-0.2, 0) is 0 Å². The third-order valence-corrected chi connectivity index (χ3v) is 4.67. The van der Waals surface area contributed by atoms with Gasteiger partial charge in [0.05, 0.1) is 5.60 Å². The highest BCUT2D eigenvalue weighted by molar-refractivity contribution is 4.96. The summed E-state index contributed by atoms with van der Waals surface area (Å²) >= 11 is 0. The molecule has 0 bridgehead atoms. The molecule has 0 amide bonds. The molecule has 0 radical (unpaired) electrons. The van der Waals surface area contributed by atoms with E-state index in [1.54, 1.807) is 0 Å². The number of aliphatic hydroxyl groups is 1. The van der Waals surface area contributed by atoms with Crippen molar-refractivity contribution in [2.24, 2.45) is 0 Å². The van der Waals surface area contributed by atoms with Crippen molar-refractivity contribution in [3.05, 3.63) is 0 Å². The summed E-state index contributed by atoms with van der Waals surface area (Å²) < 4.78 is 0. The molecule has 1 saturated carbocycles. The van der Waals surface area contributed by atoms with E-state index in [-0.39, 0.29) is 0 Å². The predicted octanol–water partition coefficient (Wildman–Crippen LogP) is 1.75. The van der Waals surface area contributed by atoms with Crippen LogP contribution in [0.25, 0.3) is 0 Å². The summed E-state index contributed by atoms with van der Waals surface area (Å²) in [4.78, 5) is 2.65. The molecule has 3 heteroatoms. The summed E-state index contributed by atoms with van der Waals surface area (Å²) in [6.45, 7) is 8.40. The lowest BCUT2D eigenvalue weighted by Gasteiger charge is -2.27. The Morgan fingerprint density at radius 1 is 1.29 bits per heavy atom. The maximum Gasteiger partial charge on any atom is 0.0766 e. The third kappa shape index (κ3) is 3.21. The zero-order chi connectivity index (χ0) is 12.5. The SMILES string of the molecule is CCC(O)(CC)CNC1CC(C)N(C2CC2)C1. The van der Waals surface area contributed by atoms with E-state index in [1.165, 1.54) is 25.8 Å². The van der Waals surface area contributed by atoms with E-state index in [4.69, 9.17) is 0 Å².